The minimum atomic E-state index is 0.432. The molecule has 2 unspecified atom stereocenters. The molecule has 1 N–H and O–H groups in total. The molecule has 0 aromatic heterocycles. The van der Waals surface area contributed by atoms with Crippen LogP contribution in [0, 0.1) is 0 Å². The fourth-order valence-corrected chi connectivity index (χ4v) is 2.92. The summed E-state index contributed by atoms with van der Waals surface area (Å²) in [5.74, 6) is 0. The summed E-state index contributed by atoms with van der Waals surface area (Å²) in [6.45, 7) is 10.7. The van der Waals surface area contributed by atoms with Gasteiger partial charge in [-0.05, 0) is 19.4 Å². The van der Waals surface area contributed by atoms with E-state index in [1.54, 1.807) is 0 Å². The molecule has 4 heteroatoms. The van der Waals surface area contributed by atoms with E-state index in [0.29, 0.717) is 12.1 Å². The lowest BCUT2D eigenvalue weighted by Crippen LogP contribution is -2.49. The Balaban J connectivity index is 1.65. The number of ether oxygens (including phenoxy) is 1. The van der Waals surface area contributed by atoms with Crippen LogP contribution in [0.3, 0.4) is 0 Å². The molecule has 0 bridgehead atoms. The Bertz CT molecular complexity index is 217. The van der Waals surface area contributed by atoms with E-state index in [1.807, 2.05) is 7.11 Å². The first-order valence-corrected chi connectivity index (χ1v) is 7.02. The molecule has 2 heterocycles. The van der Waals surface area contributed by atoms with Gasteiger partial charge in [0.05, 0.1) is 6.10 Å². The molecule has 4 nitrogen and oxygen atoms in total. The van der Waals surface area contributed by atoms with Crippen LogP contribution in [0.4, 0.5) is 0 Å². The molecular formula is C13H27N3O. The average molecular weight is 241 g/mol. The molecule has 2 aliphatic rings. The molecular weight excluding hydrogens is 214 g/mol. The van der Waals surface area contributed by atoms with Gasteiger partial charge in [-0.15, -0.1) is 0 Å². The summed E-state index contributed by atoms with van der Waals surface area (Å²) in [5, 5.41) is 3.56. The van der Waals surface area contributed by atoms with Crippen molar-refractivity contribution in [3.63, 3.8) is 0 Å². The largest absolute Gasteiger partial charge is 0.380 e. The van der Waals surface area contributed by atoms with Gasteiger partial charge in [0.25, 0.3) is 0 Å². The molecule has 100 valence electrons. The van der Waals surface area contributed by atoms with E-state index in [4.69, 9.17) is 4.74 Å². The van der Waals surface area contributed by atoms with Gasteiger partial charge < -0.3 is 15.0 Å². The molecule has 2 atom stereocenters. The van der Waals surface area contributed by atoms with Crippen molar-refractivity contribution in [3.8, 4) is 0 Å². The minimum Gasteiger partial charge on any atom is -0.380 e. The fraction of sp³-hybridized carbons (Fsp3) is 1.00. The second-order valence-electron chi connectivity index (χ2n) is 5.34. The van der Waals surface area contributed by atoms with Crippen LogP contribution in [0.25, 0.3) is 0 Å². The van der Waals surface area contributed by atoms with Crippen molar-refractivity contribution >= 4 is 0 Å². The SMILES string of the molecule is CCCN1CCN(CC2CC(OC)CN2)CC1. The molecule has 0 aromatic rings. The maximum Gasteiger partial charge on any atom is 0.0711 e. The highest BCUT2D eigenvalue weighted by atomic mass is 16.5. The number of hydrogen-bond acceptors (Lipinski definition) is 4. The molecule has 0 amide bonds. The van der Waals surface area contributed by atoms with Gasteiger partial charge in [0, 0.05) is 52.4 Å². The predicted molar refractivity (Wildman–Crippen MR) is 70.4 cm³/mol. The third-order valence-electron chi connectivity index (χ3n) is 4.00. The molecule has 2 rings (SSSR count). The van der Waals surface area contributed by atoms with Crippen molar-refractivity contribution in [2.24, 2.45) is 0 Å². The number of hydrogen-bond donors (Lipinski definition) is 1. The fourth-order valence-electron chi connectivity index (χ4n) is 2.92. The molecule has 2 saturated heterocycles. The first kappa shape index (κ1) is 13.3. The Hall–Kier alpha value is -0.160. The van der Waals surface area contributed by atoms with Gasteiger partial charge >= 0.3 is 0 Å². The number of methoxy groups -OCH3 is 1. The van der Waals surface area contributed by atoms with Crippen LogP contribution in [0.1, 0.15) is 19.8 Å². The Labute approximate surface area is 105 Å². The summed E-state index contributed by atoms with van der Waals surface area (Å²) < 4.78 is 5.39. The lowest BCUT2D eigenvalue weighted by Gasteiger charge is -2.35. The highest BCUT2D eigenvalue weighted by molar-refractivity contribution is 4.85. The number of piperazine rings is 1. The van der Waals surface area contributed by atoms with E-state index in [0.717, 1.165) is 6.54 Å². The second-order valence-corrected chi connectivity index (χ2v) is 5.34. The zero-order valence-electron chi connectivity index (χ0n) is 11.3. The molecule has 0 radical (unpaired) electrons. The van der Waals surface area contributed by atoms with E-state index in [9.17, 15) is 0 Å². The Morgan fingerprint density at radius 2 is 1.88 bits per heavy atom. The van der Waals surface area contributed by atoms with Crippen molar-refractivity contribution in [1.82, 2.24) is 15.1 Å². The summed E-state index contributed by atoms with van der Waals surface area (Å²) in [6.07, 6.45) is 2.88. The summed E-state index contributed by atoms with van der Waals surface area (Å²) in [5.41, 5.74) is 0. The Morgan fingerprint density at radius 1 is 1.18 bits per heavy atom. The molecule has 0 aliphatic carbocycles. The number of nitrogens with zero attached hydrogens (tertiary/aromatic N) is 2. The van der Waals surface area contributed by atoms with Crippen molar-refractivity contribution < 1.29 is 4.74 Å². The summed E-state index contributed by atoms with van der Waals surface area (Å²) >= 11 is 0. The van der Waals surface area contributed by atoms with E-state index in [1.165, 1.54) is 52.1 Å². The minimum absolute atomic E-state index is 0.432. The van der Waals surface area contributed by atoms with Crippen molar-refractivity contribution in [1.29, 1.82) is 0 Å². The Morgan fingerprint density at radius 3 is 2.47 bits per heavy atom. The van der Waals surface area contributed by atoms with E-state index in [-0.39, 0.29) is 0 Å². The highest BCUT2D eigenvalue weighted by Gasteiger charge is 2.26. The summed E-state index contributed by atoms with van der Waals surface area (Å²) in [6, 6.07) is 0.637. The molecule has 2 fully saturated rings. The van der Waals surface area contributed by atoms with Crippen LogP contribution in [0.15, 0.2) is 0 Å². The quantitative estimate of drug-likeness (QED) is 0.754. The van der Waals surface area contributed by atoms with Crippen LogP contribution in [0.2, 0.25) is 0 Å². The Kier molecular flexibility index (Phi) is 5.22. The van der Waals surface area contributed by atoms with E-state index in [2.05, 4.69) is 22.0 Å². The topological polar surface area (TPSA) is 27.7 Å². The summed E-state index contributed by atoms with van der Waals surface area (Å²) in [7, 11) is 1.82. The van der Waals surface area contributed by atoms with Gasteiger partial charge in [0.2, 0.25) is 0 Å². The summed E-state index contributed by atoms with van der Waals surface area (Å²) in [4.78, 5) is 5.18. The van der Waals surface area contributed by atoms with Gasteiger partial charge in [-0.25, -0.2) is 0 Å². The second kappa shape index (κ2) is 6.69. The highest BCUT2D eigenvalue weighted by Crippen LogP contribution is 2.12. The van der Waals surface area contributed by atoms with Crippen molar-refractivity contribution in [2.75, 3.05) is 52.9 Å². The van der Waals surface area contributed by atoms with Crippen LogP contribution in [-0.2, 0) is 4.74 Å². The lowest BCUT2D eigenvalue weighted by molar-refractivity contribution is 0.107. The van der Waals surface area contributed by atoms with Crippen molar-refractivity contribution in [3.05, 3.63) is 0 Å². The van der Waals surface area contributed by atoms with Gasteiger partial charge in [0.1, 0.15) is 0 Å². The van der Waals surface area contributed by atoms with Gasteiger partial charge in [0.15, 0.2) is 0 Å². The molecule has 17 heavy (non-hydrogen) atoms. The third kappa shape index (κ3) is 3.91. The van der Waals surface area contributed by atoms with Crippen LogP contribution >= 0.6 is 0 Å². The smallest absolute Gasteiger partial charge is 0.0711 e. The van der Waals surface area contributed by atoms with Crippen LogP contribution < -0.4 is 5.32 Å². The normalized spacial score (nSPS) is 32.1. The van der Waals surface area contributed by atoms with Crippen molar-refractivity contribution in [2.45, 2.75) is 31.9 Å². The zero-order chi connectivity index (χ0) is 12.1. The van der Waals surface area contributed by atoms with Gasteiger partial charge in [-0.3, -0.25) is 4.90 Å². The maximum absolute atomic E-state index is 5.39. The maximum atomic E-state index is 5.39. The third-order valence-corrected chi connectivity index (χ3v) is 4.00. The average Bonchev–Trinajstić information content (AvgIpc) is 2.80. The molecule has 0 saturated carbocycles. The predicted octanol–water partition coefficient (Wildman–Crippen LogP) is 0.391. The van der Waals surface area contributed by atoms with Gasteiger partial charge in [-0.2, -0.15) is 0 Å². The van der Waals surface area contributed by atoms with E-state index < -0.39 is 0 Å². The van der Waals surface area contributed by atoms with Gasteiger partial charge in [-0.1, -0.05) is 6.92 Å². The number of rotatable bonds is 5. The molecule has 2 aliphatic heterocycles. The monoisotopic (exact) mass is 241 g/mol. The van der Waals surface area contributed by atoms with E-state index >= 15 is 0 Å². The lowest BCUT2D eigenvalue weighted by atomic mass is 10.1. The zero-order valence-corrected chi connectivity index (χ0v) is 11.3. The number of nitrogens with one attached hydrogen (secondary N) is 1. The standard InChI is InChI=1S/C13H27N3O/c1-3-4-15-5-7-16(8-6-15)11-12-9-13(17-2)10-14-12/h12-14H,3-11H2,1-2H3. The van der Waals surface area contributed by atoms with Crippen LogP contribution in [-0.4, -0.2) is 74.9 Å². The first-order valence-electron chi connectivity index (χ1n) is 7.02. The van der Waals surface area contributed by atoms with Crippen LogP contribution in [0.5, 0.6) is 0 Å². The first-order chi connectivity index (χ1) is 8.31. The molecule has 0 aromatic carbocycles. The molecule has 0 spiro atoms.